The van der Waals surface area contributed by atoms with E-state index in [0.29, 0.717) is 18.5 Å². The summed E-state index contributed by atoms with van der Waals surface area (Å²) in [7, 11) is -2.77. The van der Waals surface area contributed by atoms with Crippen molar-refractivity contribution in [3.63, 3.8) is 0 Å². The lowest BCUT2D eigenvalue weighted by Crippen LogP contribution is -2.11. The highest BCUT2D eigenvalue weighted by atomic mass is 31.2. The van der Waals surface area contributed by atoms with Crippen molar-refractivity contribution >= 4 is 7.67 Å². The van der Waals surface area contributed by atoms with Crippen LogP contribution >= 0.6 is 7.67 Å². The molecular weight excluding hydrogens is 213 g/mol. The second-order valence-corrected chi connectivity index (χ2v) is 6.44. The Morgan fingerprint density at radius 1 is 1.40 bits per heavy atom. The Balaban J connectivity index is 1.97. The molecule has 0 aromatic rings. The van der Waals surface area contributed by atoms with Crippen LogP contribution in [0, 0.1) is 11.3 Å². The summed E-state index contributed by atoms with van der Waals surface area (Å²) in [5.41, 5.74) is 0. The molecule has 84 valence electrons. The lowest BCUT2D eigenvalue weighted by atomic mass is 10.5. The van der Waals surface area contributed by atoms with Gasteiger partial charge < -0.3 is 4.52 Å². The molecule has 2 saturated heterocycles. The molecule has 15 heavy (non-hydrogen) atoms. The Hall–Kier alpha value is -0.400. The standard InChI is InChI=1S/C9H16N3O2P/c1-8-6-11(8)15(13,12-7-9(12)2)14-5-3-4-10/h8-9H,3,5-7H2,1-2H3/t8-,9-,11?,12?,15?/m1/s1. The van der Waals surface area contributed by atoms with Crippen LogP contribution in [0.3, 0.4) is 0 Å². The lowest BCUT2D eigenvalue weighted by Gasteiger charge is -2.20. The zero-order chi connectivity index (χ0) is 11.1. The van der Waals surface area contributed by atoms with Crippen molar-refractivity contribution in [1.29, 1.82) is 5.26 Å². The summed E-state index contributed by atoms with van der Waals surface area (Å²) in [6, 6.07) is 2.70. The average Bonchev–Trinajstić information content (AvgIpc) is 3.05. The normalized spacial score (nSPS) is 41.7. The Labute approximate surface area is 90.2 Å². The van der Waals surface area contributed by atoms with Gasteiger partial charge >= 0.3 is 7.67 Å². The molecule has 0 N–H and O–H groups in total. The van der Waals surface area contributed by atoms with Crippen molar-refractivity contribution in [3.8, 4) is 6.07 Å². The van der Waals surface area contributed by atoms with E-state index in [9.17, 15) is 4.57 Å². The number of hydrogen-bond donors (Lipinski definition) is 0. The fraction of sp³-hybridized carbons (Fsp3) is 0.889. The molecule has 2 heterocycles. The molecular formula is C9H16N3O2P. The second-order valence-electron chi connectivity index (χ2n) is 4.17. The smallest absolute Gasteiger partial charge is 0.305 e. The molecule has 0 amide bonds. The van der Waals surface area contributed by atoms with Crippen molar-refractivity contribution in [3.05, 3.63) is 0 Å². The molecule has 0 aromatic carbocycles. The molecule has 0 saturated carbocycles. The summed E-state index contributed by atoms with van der Waals surface area (Å²) < 4.78 is 21.8. The van der Waals surface area contributed by atoms with Gasteiger partial charge in [0.15, 0.2) is 0 Å². The highest BCUT2D eigenvalue weighted by Gasteiger charge is 2.56. The first-order chi connectivity index (χ1) is 7.09. The van der Waals surface area contributed by atoms with Gasteiger partial charge in [-0.1, -0.05) is 0 Å². The minimum Gasteiger partial charge on any atom is -0.305 e. The summed E-state index contributed by atoms with van der Waals surface area (Å²) in [6.07, 6.45) is 0.300. The molecule has 2 aliphatic rings. The Morgan fingerprint density at radius 2 is 1.87 bits per heavy atom. The van der Waals surface area contributed by atoms with Crippen LogP contribution in [-0.2, 0) is 9.09 Å². The zero-order valence-electron chi connectivity index (χ0n) is 9.09. The molecule has 0 radical (unpaired) electrons. The van der Waals surface area contributed by atoms with E-state index < -0.39 is 7.67 Å². The monoisotopic (exact) mass is 229 g/mol. The first kappa shape index (κ1) is 11.1. The number of hydrogen-bond acceptors (Lipinski definition) is 3. The van der Waals surface area contributed by atoms with Crippen LogP contribution in [0.25, 0.3) is 0 Å². The third-order valence-electron chi connectivity index (χ3n) is 2.78. The molecule has 0 aromatic heterocycles. The molecule has 4 atom stereocenters. The fourth-order valence-corrected chi connectivity index (χ4v) is 4.46. The minimum absolute atomic E-state index is 0.264. The van der Waals surface area contributed by atoms with Gasteiger partial charge in [0.2, 0.25) is 0 Å². The zero-order valence-corrected chi connectivity index (χ0v) is 9.98. The average molecular weight is 229 g/mol. The van der Waals surface area contributed by atoms with Gasteiger partial charge in [-0.15, -0.1) is 0 Å². The summed E-state index contributed by atoms with van der Waals surface area (Å²) in [5, 5.41) is 8.43. The van der Waals surface area contributed by atoms with E-state index >= 15 is 0 Å². The maximum Gasteiger partial charge on any atom is 0.346 e. The minimum atomic E-state index is -2.77. The summed E-state index contributed by atoms with van der Waals surface area (Å²) in [4.78, 5) is 0. The Kier molecular flexibility index (Phi) is 2.87. The van der Waals surface area contributed by atoms with Gasteiger partial charge in [-0.2, -0.15) is 5.26 Å². The number of nitrogens with zero attached hydrogens (tertiary/aromatic N) is 3. The van der Waals surface area contributed by atoms with Crippen LogP contribution < -0.4 is 0 Å². The lowest BCUT2D eigenvalue weighted by molar-refractivity contribution is 0.275. The van der Waals surface area contributed by atoms with Crippen molar-refractivity contribution in [2.24, 2.45) is 0 Å². The Bertz CT molecular complexity index is 321. The molecule has 0 bridgehead atoms. The van der Waals surface area contributed by atoms with Gasteiger partial charge in [-0.25, -0.2) is 9.34 Å². The van der Waals surface area contributed by atoms with Gasteiger partial charge in [0.05, 0.1) is 19.1 Å². The molecule has 5 nitrogen and oxygen atoms in total. The summed E-state index contributed by atoms with van der Waals surface area (Å²) in [6.45, 7) is 6.02. The molecule has 0 aliphatic carbocycles. The third-order valence-corrected chi connectivity index (χ3v) is 5.71. The van der Waals surface area contributed by atoms with Gasteiger partial charge in [0.25, 0.3) is 0 Å². The van der Waals surface area contributed by atoms with E-state index in [0.717, 1.165) is 13.1 Å². The largest absolute Gasteiger partial charge is 0.346 e. The number of rotatable bonds is 5. The van der Waals surface area contributed by atoms with Gasteiger partial charge in [-0.05, 0) is 13.8 Å². The van der Waals surface area contributed by atoms with E-state index in [2.05, 4.69) is 0 Å². The molecule has 2 aliphatic heterocycles. The molecule has 2 unspecified atom stereocenters. The maximum atomic E-state index is 12.6. The van der Waals surface area contributed by atoms with Crippen molar-refractivity contribution in [2.75, 3.05) is 19.7 Å². The topological polar surface area (TPSA) is 56.1 Å². The highest BCUT2D eigenvalue weighted by Crippen LogP contribution is 2.64. The van der Waals surface area contributed by atoms with Crippen molar-refractivity contribution < 1.29 is 9.09 Å². The molecule has 6 heteroatoms. The SMILES string of the molecule is C[C@@H]1CN1P(=O)(OCCC#N)N1C[C@H]1C. The molecule has 2 fully saturated rings. The van der Waals surface area contributed by atoms with Crippen LogP contribution in [0.1, 0.15) is 20.3 Å². The Morgan fingerprint density at radius 3 is 2.20 bits per heavy atom. The highest BCUT2D eigenvalue weighted by molar-refractivity contribution is 7.54. The van der Waals surface area contributed by atoms with E-state index in [1.54, 1.807) is 0 Å². The quantitative estimate of drug-likeness (QED) is 0.405. The van der Waals surface area contributed by atoms with Crippen LogP contribution in [0.4, 0.5) is 0 Å². The molecule has 2 rings (SSSR count). The van der Waals surface area contributed by atoms with Crippen LogP contribution in [0.2, 0.25) is 0 Å². The van der Waals surface area contributed by atoms with E-state index in [1.165, 1.54) is 0 Å². The first-order valence-corrected chi connectivity index (χ1v) is 6.78. The van der Waals surface area contributed by atoms with Crippen LogP contribution in [-0.4, -0.2) is 41.1 Å². The first-order valence-electron chi connectivity index (χ1n) is 5.25. The third kappa shape index (κ3) is 2.09. The second kappa shape index (κ2) is 3.88. The fourth-order valence-electron chi connectivity index (χ4n) is 1.66. The van der Waals surface area contributed by atoms with Gasteiger partial charge in [0.1, 0.15) is 0 Å². The van der Waals surface area contributed by atoms with Crippen molar-refractivity contribution in [2.45, 2.75) is 32.4 Å². The van der Waals surface area contributed by atoms with Crippen LogP contribution in [0.15, 0.2) is 0 Å². The van der Waals surface area contributed by atoms with E-state index in [1.807, 2.05) is 29.3 Å². The van der Waals surface area contributed by atoms with Crippen LogP contribution in [0.5, 0.6) is 0 Å². The molecule has 0 spiro atoms. The summed E-state index contributed by atoms with van der Waals surface area (Å²) >= 11 is 0. The summed E-state index contributed by atoms with van der Waals surface area (Å²) in [5.74, 6) is 0. The number of nitriles is 1. The predicted octanol–water partition coefficient (Wildman–Crippen LogP) is 1.43. The maximum absolute atomic E-state index is 12.6. The van der Waals surface area contributed by atoms with Crippen molar-refractivity contribution in [1.82, 2.24) is 9.34 Å². The van der Waals surface area contributed by atoms with Gasteiger partial charge in [-0.3, -0.25) is 4.57 Å². The predicted molar refractivity (Wildman–Crippen MR) is 56.1 cm³/mol. The van der Waals surface area contributed by atoms with E-state index in [4.69, 9.17) is 9.79 Å². The van der Waals surface area contributed by atoms with Gasteiger partial charge in [0, 0.05) is 25.2 Å². The van der Waals surface area contributed by atoms with E-state index in [-0.39, 0.29) is 6.61 Å².